The minimum atomic E-state index is -0.750. The monoisotopic (exact) mass is 443 g/mol. The van der Waals surface area contributed by atoms with Crippen molar-refractivity contribution >= 4 is 35.9 Å². The van der Waals surface area contributed by atoms with Crippen LogP contribution in [-0.4, -0.2) is 49.4 Å². The number of ether oxygens (including phenoxy) is 1. The summed E-state index contributed by atoms with van der Waals surface area (Å²) in [5, 5.41) is 16.8. The van der Waals surface area contributed by atoms with Gasteiger partial charge in [-0.25, -0.2) is 0 Å². The van der Waals surface area contributed by atoms with Crippen molar-refractivity contribution < 1.29 is 14.6 Å². The van der Waals surface area contributed by atoms with Gasteiger partial charge in [-0.2, -0.15) is 0 Å². The molecule has 0 spiro atoms. The van der Waals surface area contributed by atoms with Gasteiger partial charge in [0.25, 0.3) is 0 Å². The Morgan fingerprint density at radius 3 is 2.22 bits per heavy atom. The Labute approximate surface area is 157 Å². The van der Waals surface area contributed by atoms with Gasteiger partial charge in [0.15, 0.2) is 5.96 Å². The molecule has 0 heterocycles. The van der Waals surface area contributed by atoms with Gasteiger partial charge in [-0.05, 0) is 19.8 Å². The summed E-state index contributed by atoms with van der Waals surface area (Å²) in [6, 6.07) is 0. The van der Waals surface area contributed by atoms with Gasteiger partial charge in [-0.15, -0.1) is 24.0 Å². The maximum Gasteiger partial charge on any atom is 0.310 e. The van der Waals surface area contributed by atoms with E-state index in [0.29, 0.717) is 19.0 Å². The van der Waals surface area contributed by atoms with Gasteiger partial charge in [0.2, 0.25) is 0 Å². The highest BCUT2D eigenvalue weighted by Gasteiger charge is 2.24. The summed E-state index contributed by atoms with van der Waals surface area (Å²) < 4.78 is 4.70. The lowest BCUT2D eigenvalue weighted by atomic mass is 9.93. The maximum absolute atomic E-state index is 11.4. The van der Waals surface area contributed by atoms with Crippen LogP contribution in [0.1, 0.15) is 53.4 Å². The van der Waals surface area contributed by atoms with E-state index in [0.717, 1.165) is 32.2 Å². The van der Waals surface area contributed by atoms with Gasteiger partial charge in [-0.3, -0.25) is 9.79 Å². The zero-order chi connectivity index (χ0) is 17.0. The van der Waals surface area contributed by atoms with Gasteiger partial charge in [0, 0.05) is 13.1 Å². The Morgan fingerprint density at radius 2 is 1.78 bits per heavy atom. The second-order valence-corrected chi connectivity index (χ2v) is 5.72. The first-order valence-electron chi connectivity index (χ1n) is 8.24. The lowest BCUT2D eigenvalue weighted by Crippen LogP contribution is -2.42. The number of halogens is 1. The molecule has 3 N–H and O–H groups in total. The number of carbonyl (C=O) groups excluding carboxylic acids is 1. The lowest BCUT2D eigenvalue weighted by molar-refractivity contribution is -0.144. The smallest absolute Gasteiger partial charge is 0.310 e. The van der Waals surface area contributed by atoms with Gasteiger partial charge in [0.1, 0.15) is 0 Å². The molecule has 0 aromatic carbocycles. The number of aliphatic hydroxyl groups is 1. The van der Waals surface area contributed by atoms with Crippen LogP contribution in [-0.2, 0) is 9.53 Å². The van der Waals surface area contributed by atoms with Crippen LogP contribution in [0.5, 0.6) is 0 Å². The number of nitrogens with one attached hydrogen (secondary N) is 2. The number of aliphatic imine (C=N–C) groups is 1. The molecule has 1 unspecified atom stereocenters. The number of hydrogen-bond acceptors (Lipinski definition) is 4. The lowest BCUT2D eigenvalue weighted by Gasteiger charge is -2.26. The van der Waals surface area contributed by atoms with Gasteiger partial charge in [0.05, 0.1) is 25.2 Å². The molecule has 0 saturated heterocycles. The SMILES string of the molecule is CCCC(O)(CCC)CN=C(NCC)NCC(C)C(=O)OC.I. The highest BCUT2D eigenvalue weighted by atomic mass is 127. The van der Waals surface area contributed by atoms with Crippen molar-refractivity contribution in [3.8, 4) is 0 Å². The molecule has 1 atom stereocenters. The number of nitrogens with zero attached hydrogens (tertiary/aromatic N) is 1. The van der Waals surface area contributed by atoms with Gasteiger partial charge in [-0.1, -0.05) is 33.6 Å². The largest absolute Gasteiger partial charge is 0.469 e. The van der Waals surface area contributed by atoms with Crippen molar-refractivity contribution in [3.63, 3.8) is 0 Å². The quantitative estimate of drug-likeness (QED) is 0.209. The van der Waals surface area contributed by atoms with E-state index >= 15 is 0 Å². The van der Waals surface area contributed by atoms with Gasteiger partial charge < -0.3 is 20.5 Å². The number of guanidine groups is 1. The molecule has 0 aromatic heterocycles. The normalized spacial score (nSPS) is 13.0. The van der Waals surface area contributed by atoms with E-state index < -0.39 is 5.60 Å². The van der Waals surface area contributed by atoms with Crippen LogP contribution in [0.4, 0.5) is 0 Å². The first kappa shape index (κ1) is 24.7. The Morgan fingerprint density at radius 1 is 1.22 bits per heavy atom. The Balaban J connectivity index is 0. The number of esters is 1. The van der Waals surface area contributed by atoms with E-state index in [-0.39, 0.29) is 35.9 Å². The van der Waals surface area contributed by atoms with Crippen LogP contribution in [0, 0.1) is 5.92 Å². The second kappa shape index (κ2) is 13.8. The van der Waals surface area contributed by atoms with E-state index in [1.54, 1.807) is 6.92 Å². The molecule has 0 saturated carbocycles. The summed E-state index contributed by atoms with van der Waals surface area (Å²) in [5.74, 6) is 0.111. The Kier molecular flexibility index (Phi) is 14.8. The summed E-state index contributed by atoms with van der Waals surface area (Å²) in [5.41, 5.74) is -0.750. The van der Waals surface area contributed by atoms with Crippen molar-refractivity contribution in [1.29, 1.82) is 0 Å². The molecule has 0 aliphatic heterocycles. The molecule has 0 aliphatic carbocycles. The molecule has 23 heavy (non-hydrogen) atoms. The molecule has 0 bridgehead atoms. The summed E-state index contributed by atoms with van der Waals surface area (Å²) in [6.45, 7) is 9.42. The third kappa shape index (κ3) is 10.8. The Hall–Kier alpha value is -0.570. The third-order valence-electron chi connectivity index (χ3n) is 3.49. The zero-order valence-electron chi connectivity index (χ0n) is 15.1. The van der Waals surface area contributed by atoms with E-state index in [1.807, 2.05) is 6.92 Å². The molecule has 138 valence electrons. The molecule has 7 heteroatoms. The minimum absolute atomic E-state index is 0. The maximum atomic E-state index is 11.4. The Bertz CT molecular complexity index is 345. The minimum Gasteiger partial charge on any atom is -0.469 e. The topological polar surface area (TPSA) is 83.0 Å². The van der Waals surface area contributed by atoms with E-state index in [4.69, 9.17) is 4.74 Å². The van der Waals surface area contributed by atoms with E-state index in [2.05, 4.69) is 29.5 Å². The highest BCUT2D eigenvalue weighted by Crippen LogP contribution is 2.19. The van der Waals surface area contributed by atoms with Crippen LogP contribution >= 0.6 is 24.0 Å². The van der Waals surface area contributed by atoms with Crippen LogP contribution in [0.25, 0.3) is 0 Å². The van der Waals surface area contributed by atoms with Crippen LogP contribution in [0.15, 0.2) is 4.99 Å². The van der Waals surface area contributed by atoms with Crippen LogP contribution < -0.4 is 10.6 Å². The molecular weight excluding hydrogens is 409 g/mol. The predicted octanol–water partition coefficient (Wildman–Crippen LogP) is 2.30. The fraction of sp³-hybridized carbons (Fsp3) is 0.875. The fourth-order valence-corrected chi connectivity index (χ4v) is 2.32. The van der Waals surface area contributed by atoms with E-state index in [9.17, 15) is 9.90 Å². The number of methoxy groups -OCH3 is 1. The first-order valence-corrected chi connectivity index (χ1v) is 8.24. The zero-order valence-corrected chi connectivity index (χ0v) is 17.5. The fourth-order valence-electron chi connectivity index (χ4n) is 2.32. The molecule has 0 aliphatic rings. The molecule has 0 rings (SSSR count). The van der Waals surface area contributed by atoms with Gasteiger partial charge >= 0.3 is 5.97 Å². The molecular formula is C16H34IN3O3. The summed E-state index contributed by atoms with van der Waals surface area (Å²) in [6.07, 6.45) is 3.33. The van der Waals surface area contributed by atoms with E-state index in [1.165, 1.54) is 7.11 Å². The van der Waals surface area contributed by atoms with Crippen LogP contribution in [0.2, 0.25) is 0 Å². The summed E-state index contributed by atoms with van der Waals surface area (Å²) in [4.78, 5) is 15.9. The van der Waals surface area contributed by atoms with Crippen LogP contribution in [0.3, 0.4) is 0 Å². The molecule has 0 radical (unpaired) electrons. The summed E-state index contributed by atoms with van der Waals surface area (Å²) >= 11 is 0. The van der Waals surface area contributed by atoms with Crippen molar-refractivity contribution in [3.05, 3.63) is 0 Å². The average molecular weight is 443 g/mol. The average Bonchev–Trinajstić information content (AvgIpc) is 2.49. The second-order valence-electron chi connectivity index (χ2n) is 5.72. The number of carbonyl (C=O) groups is 1. The highest BCUT2D eigenvalue weighted by molar-refractivity contribution is 14.0. The van der Waals surface area contributed by atoms with Crippen molar-refractivity contribution in [2.75, 3.05) is 26.7 Å². The number of rotatable bonds is 10. The van der Waals surface area contributed by atoms with Crippen molar-refractivity contribution in [2.24, 2.45) is 10.9 Å². The third-order valence-corrected chi connectivity index (χ3v) is 3.49. The van der Waals surface area contributed by atoms with Crippen molar-refractivity contribution in [2.45, 2.75) is 59.0 Å². The predicted molar refractivity (Wildman–Crippen MR) is 105 cm³/mol. The molecule has 6 nitrogen and oxygen atoms in total. The molecule has 0 aromatic rings. The number of hydrogen-bond donors (Lipinski definition) is 3. The summed E-state index contributed by atoms with van der Waals surface area (Å²) in [7, 11) is 1.38. The van der Waals surface area contributed by atoms with Crippen molar-refractivity contribution in [1.82, 2.24) is 10.6 Å². The first-order chi connectivity index (χ1) is 10.4. The molecule has 0 fully saturated rings. The molecule has 0 amide bonds. The standard InChI is InChI=1S/C16H33N3O3.HI/c1-6-9-16(21,10-7-2)12-19-15(17-8-3)18-11-13(4)14(20)22-5;/h13,21H,6-12H2,1-5H3,(H2,17,18,19);1H.